The third-order valence-corrected chi connectivity index (χ3v) is 8.54. The summed E-state index contributed by atoms with van der Waals surface area (Å²) in [7, 11) is 2.10. The van der Waals surface area contributed by atoms with Crippen LogP contribution in [0.25, 0.3) is 6.08 Å². The standard InChI is InChI=1S/C26H37NO4/c1-16-9-12-26(27-7)23(2,3)10-8-11-25(26,6)19(16)13-17-14-20-22(18(15-28)21(17)29)31-24(4,5)30-20/h13-16,27,29H,8-12H2,1-7H3/b19-13+/t16-,25-,26-/m1/s1. The van der Waals surface area contributed by atoms with Crippen molar-refractivity contribution < 1.29 is 19.4 Å². The summed E-state index contributed by atoms with van der Waals surface area (Å²) in [6.45, 7) is 13.0. The molecule has 0 unspecified atom stereocenters. The molecule has 3 aliphatic rings. The topological polar surface area (TPSA) is 67.8 Å². The Labute approximate surface area is 186 Å². The number of nitrogens with one attached hydrogen (secondary N) is 1. The number of aldehydes is 1. The Kier molecular flexibility index (Phi) is 5.01. The molecule has 3 atom stereocenters. The van der Waals surface area contributed by atoms with Crippen molar-refractivity contribution in [2.75, 3.05) is 7.05 Å². The molecule has 2 aliphatic carbocycles. The third kappa shape index (κ3) is 3.03. The number of hydrogen-bond acceptors (Lipinski definition) is 5. The van der Waals surface area contributed by atoms with E-state index in [0.717, 1.165) is 19.3 Å². The average Bonchev–Trinajstić information content (AvgIpc) is 2.98. The summed E-state index contributed by atoms with van der Waals surface area (Å²) in [4.78, 5) is 11.9. The third-order valence-electron chi connectivity index (χ3n) is 8.54. The number of aromatic hydroxyl groups is 1. The van der Waals surface area contributed by atoms with Gasteiger partial charge in [-0.15, -0.1) is 0 Å². The number of phenols is 1. The smallest absolute Gasteiger partial charge is 0.246 e. The van der Waals surface area contributed by atoms with Crippen molar-refractivity contribution in [2.45, 2.75) is 85.0 Å². The van der Waals surface area contributed by atoms with E-state index in [-0.39, 0.29) is 27.7 Å². The van der Waals surface area contributed by atoms with Crippen molar-refractivity contribution in [3.63, 3.8) is 0 Å². The predicted octanol–water partition coefficient (Wildman–Crippen LogP) is 5.70. The van der Waals surface area contributed by atoms with Gasteiger partial charge < -0.3 is 19.9 Å². The number of carbonyl (C=O) groups is 1. The molecule has 0 saturated heterocycles. The Morgan fingerprint density at radius 2 is 1.84 bits per heavy atom. The van der Waals surface area contributed by atoms with E-state index in [1.165, 1.54) is 18.4 Å². The van der Waals surface area contributed by atoms with Crippen LogP contribution in [0.15, 0.2) is 11.6 Å². The van der Waals surface area contributed by atoms with Gasteiger partial charge in [0.25, 0.3) is 0 Å². The van der Waals surface area contributed by atoms with Crippen LogP contribution in [0.2, 0.25) is 0 Å². The molecule has 170 valence electrons. The van der Waals surface area contributed by atoms with Gasteiger partial charge in [0.15, 0.2) is 17.8 Å². The van der Waals surface area contributed by atoms with Crippen molar-refractivity contribution in [1.29, 1.82) is 0 Å². The van der Waals surface area contributed by atoms with Crippen LogP contribution in [-0.4, -0.2) is 29.8 Å². The van der Waals surface area contributed by atoms with Crippen LogP contribution in [0, 0.1) is 16.7 Å². The fourth-order valence-electron chi connectivity index (χ4n) is 7.01. The summed E-state index contributed by atoms with van der Waals surface area (Å²) in [6, 6.07) is 1.82. The molecule has 1 aliphatic heterocycles. The Balaban J connectivity index is 1.90. The number of benzene rings is 1. The molecule has 1 aromatic carbocycles. The lowest BCUT2D eigenvalue weighted by Gasteiger charge is -2.65. The molecule has 5 nitrogen and oxygen atoms in total. The molecule has 0 aromatic heterocycles. The van der Waals surface area contributed by atoms with E-state index in [1.54, 1.807) is 13.8 Å². The molecule has 0 bridgehead atoms. The summed E-state index contributed by atoms with van der Waals surface area (Å²) in [5.74, 6) is 0.326. The zero-order chi connectivity index (χ0) is 22.8. The molecule has 4 rings (SSSR count). The maximum Gasteiger partial charge on any atom is 0.246 e. The fourth-order valence-corrected chi connectivity index (χ4v) is 7.01. The zero-order valence-corrected chi connectivity index (χ0v) is 20.0. The molecule has 0 spiro atoms. The zero-order valence-electron chi connectivity index (χ0n) is 20.0. The van der Waals surface area contributed by atoms with Gasteiger partial charge >= 0.3 is 0 Å². The first kappa shape index (κ1) is 22.2. The van der Waals surface area contributed by atoms with Crippen molar-refractivity contribution in [2.24, 2.45) is 16.7 Å². The molecule has 2 saturated carbocycles. The van der Waals surface area contributed by atoms with Crippen LogP contribution in [-0.2, 0) is 0 Å². The number of fused-ring (bicyclic) bond motifs is 2. The highest BCUT2D eigenvalue weighted by atomic mass is 16.7. The molecule has 0 amide bonds. The highest BCUT2D eigenvalue weighted by Crippen LogP contribution is 2.63. The van der Waals surface area contributed by atoms with E-state index in [4.69, 9.17) is 9.47 Å². The van der Waals surface area contributed by atoms with E-state index in [0.29, 0.717) is 29.3 Å². The molecule has 1 aromatic rings. The second kappa shape index (κ2) is 6.99. The van der Waals surface area contributed by atoms with E-state index < -0.39 is 5.79 Å². The van der Waals surface area contributed by atoms with Crippen LogP contribution in [0.5, 0.6) is 17.2 Å². The first-order valence-corrected chi connectivity index (χ1v) is 11.6. The second-order valence-electron chi connectivity index (χ2n) is 11.0. The van der Waals surface area contributed by atoms with Crippen LogP contribution in [0.3, 0.4) is 0 Å². The fraction of sp³-hybridized carbons (Fsp3) is 0.654. The molecule has 2 N–H and O–H groups in total. The maximum absolute atomic E-state index is 11.9. The predicted molar refractivity (Wildman–Crippen MR) is 123 cm³/mol. The summed E-state index contributed by atoms with van der Waals surface area (Å²) < 4.78 is 11.7. The van der Waals surface area contributed by atoms with Gasteiger partial charge in [0.05, 0.1) is 0 Å². The first-order valence-electron chi connectivity index (χ1n) is 11.6. The highest BCUT2D eigenvalue weighted by molar-refractivity contribution is 5.89. The Bertz CT molecular complexity index is 947. The minimum atomic E-state index is -0.864. The summed E-state index contributed by atoms with van der Waals surface area (Å²) in [5, 5.41) is 14.8. The normalized spacial score (nSPS) is 34.4. The molecule has 31 heavy (non-hydrogen) atoms. The summed E-state index contributed by atoms with van der Waals surface area (Å²) >= 11 is 0. The van der Waals surface area contributed by atoms with Gasteiger partial charge in [-0.1, -0.05) is 45.8 Å². The minimum Gasteiger partial charge on any atom is -0.506 e. The van der Waals surface area contributed by atoms with Gasteiger partial charge in [0.1, 0.15) is 11.3 Å². The lowest BCUT2D eigenvalue weighted by molar-refractivity contribution is -0.0584. The lowest BCUT2D eigenvalue weighted by atomic mass is 9.44. The van der Waals surface area contributed by atoms with Crippen molar-refractivity contribution in [3.05, 3.63) is 22.8 Å². The van der Waals surface area contributed by atoms with Crippen molar-refractivity contribution in [3.8, 4) is 17.2 Å². The van der Waals surface area contributed by atoms with Crippen LogP contribution >= 0.6 is 0 Å². The highest BCUT2D eigenvalue weighted by Gasteiger charge is 2.61. The SMILES string of the molecule is CN[C@@]12CC[C@@H](C)/C(=C\c3cc4c(c(C=O)c3O)OC(C)(C)O4)[C@@]1(C)CCCC2(C)C. The Morgan fingerprint density at radius 1 is 1.13 bits per heavy atom. The van der Waals surface area contributed by atoms with Gasteiger partial charge in [-0.25, -0.2) is 0 Å². The molecule has 5 heteroatoms. The second-order valence-corrected chi connectivity index (χ2v) is 11.0. The largest absolute Gasteiger partial charge is 0.506 e. The van der Waals surface area contributed by atoms with E-state index >= 15 is 0 Å². The summed E-state index contributed by atoms with van der Waals surface area (Å²) in [5.41, 5.74) is 2.21. The number of hydrogen-bond donors (Lipinski definition) is 2. The van der Waals surface area contributed by atoms with Crippen molar-refractivity contribution >= 4 is 12.4 Å². The molecular formula is C26H37NO4. The van der Waals surface area contributed by atoms with Gasteiger partial charge in [0, 0.05) is 30.4 Å². The minimum absolute atomic E-state index is 0.0158. The molecular weight excluding hydrogens is 390 g/mol. The van der Waals surface area contributed by atoms with Crippen molar-refractivity contribution in [1.82, 2.24) is 5.32 Å². The molecule has 0 radical (unpaired) electrons. The monoisotopic (exact) mass is 427 g/mol. The van der Waals surface area contributed by atoms with Crippen LogP contribution < -0.4 is 14.8 Å². The van der Waals surface area contributed by atoms with E-state index in [2.05, 4.69) is 46.1 Å². The summed E-state index contributed by atoms with van der Waals surface area (Å²) in [6.07, 6.45) is 8.48. The Hall–Kier alpha value is -2.01. The Morgan fingerprint density at radius 3 is 2.48 bits per heavy atom. The quantitative estimate of drug-likeness (QED) is 0.606. The van der Waals surface area contributed by atoms with Gasteiger partial charge in [-0.05, 0) is 50.1 Å². The maximum atomic E-state index is 11.9. The molecule has 1 heterocycles. The number of ether oxygens (including phenoxy) is 2. The first-order chi connectivity index (χ1) is 14.4. The number of phenolic OH excluding ortho intramolecular Hbond substituents is 1. The van der Waals surface area contributed by atoms with E-state index in [9.17, 15) is 9.90 Å². The van der Waals surface area contributed by atoms with Crippen LogP contribution in [0.1, 0.15) is 89.6 Å². The average molecular weight is 428 g/mol. The molecule has 2 fully saturated rings. The number of rotatable bonds is 3. The van der Waals surface area contributed by atoms with Gasteiger partial charge in [-0.3, -0.25) is 4.79 Å². The van der Waals surface area contributed by atoms with Gasteiger partial charge in [-0.2, -0.15) is 0 Å². The van der Waals surface area contributed by atoms with Gasteiger partial charge in [0.2, 0.25) is 5.79 Å². The van der Waals surface area contributed by atoms with Crippen LogP contribution in [0.4, 0.5) is 0 Å². The van der Waals surface area contributed by atoms with E-state index in [1.807, 2.05) is 6.07 Å². The number of carbonyl (C=O) groups excluding carboxylic acids is 1. The lowest BCUT2D eigenvalue weighted by Crippen LogP contribution is -2.69.